The van der Waals surface area contributed by atoms with Crippen LogP contribution in [0.15, 0.2) is 18.2 Å². The van der Waals surface area contributed by atoms with Crippen molar-refractivity contribution in [3.8, 4) is 5.75 Å². The topological polar surface area (TPSA) is 21.3 Å². The molecule has 0 saturated heterocycles. The fourth-order valence-corrected chi connectivity index (χ4v) is 1.86. The molecule has 0 amide bonds. The fourth-order valence-electron chi connectivity index (χ4n) is 1.59. The summed E-state index contributed by atoms with van der Waals surface area (Å²) in [5.41, 5.74) is 1.19. The van der Waals surface area contributed by atoms with E-state index >= 15 is 0 Å². The number of hydrogen-bond acceptors (Lipinski definition) is 2. The van der Waals surface area contributed by atoms with Crippen LogP contribution in [-0.2, 0) is 0 Å². The molecule has 0 bridgehead atoms. The first-order valence-electron chi connectivity index (χ1n) is 5.68. The summed E-state index contributed by atoms with van der Waals surface area (Å²) in [4.78, 5) is 0. The Morgan fingerprint density at radius 1 is 1.38 bits per heavy atom. The molecule has 1 rings (SSSR count). The van der Waals surface area contributed by atoms with Crippen molar-refractivity contribution >= 4 is 11.6 Å². The SMILES string of the molecule is CCC(C)NC(C)c1ccc(OC)c(Cl)c1. The Labute approximate surface area is 103 Å². The average Bonchev–Trinajstić information content (AvgIpc) is 2.28. The van der Waals surface area contributed by atoms with Gasteiger partial charge in [-0.15, -0.1) is 0 Å². The van der Waals surface area contributed by atoms with Crippen molar-refractivity contribution in [2.75, 3.05) is 7.11 Å². The Bertz CT molecular complexity index is 341. The molecule has 0 aliphatic carbocycles. The van der Waals surface area contributed by atoms with Gasteiger partial charge in [0, 0.05) is 12.1 Å². The second kappa shape index (κ2) is 6.12. The van der Waals surface area contributed by atoms with Gasteiger partial charge in [0.05, 0.1) is 12.1 Å². The zero-order valence-electron chi connectivity index (χ0n) is 10.4. The molecule has 2 nitrogen and oxygen atoms in total. The highest BCUT2D eigenvalue weighted by Gasteiger charge is 2.10. The number of rotatable bonds is 5. The summed E-state index contributed by atoms with van der Waals surface area (Å²) in [5, 5.41) is 4.18. The highest BCUT2D eigenvalue weighted by atomic mass is 35.5. The van der Waals surface area contributed by atoms with Crippen molar-refractivity contribution in [2.45, 2.75) is 39.3 Å². The van der Waals surface area contributed by atoms with Gasteiger partial charge in [-0.2, -0.15) is 0 Å². The highest BCUT2D eigenvalue weighted by Crippen LogP contribution is 2.27. The predicted molar refractivity (Wildman–Crippen MR) is 69.3 cm³/mol. The van der Waals surface area contributed by atoms with Gasteiger partial charge in [-0.3, -0.25) is 0 Å². The summed E-state index contributed by atoms with van der Waals surface area (Å²) in [6.45, 7) is 6.50. The molecule has 0 fully saturated rings. The van der Waals surface area contributed by atoms with Crippen molar-refractivity contribution in [1.82, 2.24) is 5.32 Å². The zero-order valence-corrected chi connectivity index (χ0v) is 11.1. The van der Waals surface area contributed by atoms with Crippen LogP contribution in [0.25, 0.3) is 0 Å². The van der Waals surface area contributed by atoms with Crippen LogP contribution in [0.1, 0.15) is 38.8 Å². The molecular formula is C13H20ClNO. The first-order chi connectivity index (χ1) is 7.58. The number of hydrogen-bond donors (Lipinski definition) is 1. The number of ether oxygens (including phenoxy) is 1. The van der Waals surface area contributed by atoms with E-state index in [1.165, 1.54) is 5.56 Å². The molecule has 0 aliphatic rings. The molecule has 0 aromatic heterocycles. The maximum atomic E-state index is 6.09. The summed E-state index contributed by atoms with van der Waals surface area (Å²) in [7, 11) is 1.63. The third-order valence-corrected chi connectivity index (χ3v) is 3.12. The van der Waals surface area contributed by atoms with Gasteiger partial charge in [-0.1, -0.05) is 24.6 Å². The van der Waals surface area contributed by atoms with Crippen LogP contribution in [0.3, 0.4) is 0 Å². The first-order valence-corrected chi connectivity index (χ1v) is 6.05. The van der Waals surface area contributed by atoms with E-state index in [1.54, 1.807) is 7.11 Å². The number of methoxy groups -OCH3 is 1. The maximum absolute atomic E-state index is 6.09. The van der Waals surface area contributed by atoms with Crippen LogP contribution in [0.4, 0.5) is 0 Å². The van der Waals surface area contributed by atoms with Gasteiger partial charge in [0.15, 0.2) is 0 Å². The molecule has 1 aromatic rings. The van der Waals surface area contributed by atoms with Gasteiger partial charge < -0.3 is 10.1 Å². The average molecular weight is 242 g/mol. The minimum Gasteiger partial charge on any atom is -0.495 e. The van der Waals surface area contributed by atoms with Crippen LogP contribution in [0, 0.1) is 0 Å². The van der Waals surface area contributed by atoms with E-state index < -0.39 is 0 Å². The Kier molecular flexibility index (Phi) is 5.10. The lowest BCUT2D eigenvalue weighted by Crippen LogP contribution is -2.28. The summed E-state index contributed by atoms with van der Waals surface area (Å²) >= 11 is 6.09. The molecule has 0 spiro atoms. The van der Waals surface area contributed by atoms with E-state index in [4.69, 9.17) is 16.3 Å². The van der Waals surface area contributed by atoms with Crippen molar-refractivity contribution in [3.63, 3.8) is 0 Å². The molecule has 16 heavy (non-hydrogen) atoms. The van der Waals surface area contributed by atoms with Crippen molar-refractivity contribution < 1.29 is 4.74 Å². The van der Waals surface area contributed by atoms with E-state index in [0.29, 0.717) is 17.1 Å². The minimum atomic E-state index is 0.304. The fraction of sp³-hybridized carbons (Fsp3) is 0.538. The van der Waals surface area contributed by atoms with Crippen LogP contribution in [0.2, 0.25) is 5.02 Å². The van der Waals surface area contributed by atoms with Gasteiger partial charge >= 0.3 is 0 Å². The molecule has 3 heteroatoms. The van der Waals surface area contributed by atoms with Gasteiger partial charge in [-0.25, -0.2) is 0 Å². The molecule has 90 valence electrons. The van der Waals surface area contributed by atoms with Gasteiger partial charge in [-0.05, 0) is 38.0 Å². The standard InChI is InChI=1S/C13H20ClNO/c1-5-9(2)15-10(3)11-6-7-13(16-4)12(14)8-11/h6-10,15H,5H2,1-4H3. The summed E-state index contributed by atoms with van der Waals surface area (Å²) in [6, 6.07) is 6.73. The lowest BCUT2D eigenvalue weighted by molar-refractivity contribution is 0.414. The first kappa shape index (κ1) is 13.3. The second-order valence-electron chi connectivity index (χ2n) is 4.09. The van der Waals surface area contributed by atoms with E-state index in [-0.39, 0.29) is 0 Å². The Balaban J connectivity index is 2.76. The molecule has 2 atom stereocenters. The third kappa shape index (κ3) is 3.39. The van der Waals surface area contributed by atoms with Crippen LogP contribution in [-0.4, -0.2) is 13.2 Å². The molecular weight excluding hydrogens is 222 g/mol. The molecule has 0 aliphatic heterocycles. The molecule has 1 N–H and O–H groups in total. The second-order valence-corrected chi connectivity index (χ2v) is 4.50. The Hall–Kier alpha value is -0.730. The number of halogens is 1. The molecule has 0 saturated carbocycles. The summed E-state index contributed by atoms with van der Waals surface area (Å²) < 4.78 is 5.13. The molecule has 1 aromatic carbocycles. The number of nitrogens with one attached hydrogen (secondary N) is 1. The van der Waals surface area contributed by atoms with Crippen LogP contribution >= 0.6 is 11.6 Å². The Morgan fingerprint density at radius 2 is 2.06 bits per heavy atom. The Morgan fingerprint density at radius 3 is 2.56 bits per heavy atom. The van der Waals surface area contributed by atoms with Crippen LogP contribution in [0.5, 0.6) is 5.75 Å². The van der Waals surface area contributed by atoms with Crippen molar-refractivity contribution in [1.29, 1.82) is 0 Å². The quantitative estimate of drug-likeness (QED) is 0.847. The smallest absolute Gasteiger partial charge is 0.137 e. The molecule has 0 radical (unpaired) electrons. The largest absolute Gasteiger partial charge is 0.495 e. The predicted octanol–water partition coefficient (Wildman–Crippen LogP) is 3.80. The van der Waals surface area contributed by atoms with Crippen molar-refractivity contribution in [2.24, 2.45) is 0 Å². The zero-order chi connectivity index (χ0) is 12.1. The van der Waals surface area contributed by atoms with Crippen molar-refractivity contribution in [3.05, 3.63) is 28.8 Å². The number of benzene rings is 1. The van der Waals surface area contributed by atoms with E-state index in [9.17, 15) is 0 Å². The molecule has 0 heterocycles. The monoisotopic (exact) mass is 241 g/mol. The van der Waals surface area contributed by atoms with E-state index in [1.807, 2.05) is 18.2 Å². The van der Waals surface area contributed by atoms with Gasteiger partial charge in [0.2, 0.25) is 0 Å². The van der Waals surface area contributed by atoms with E-state index in [0.717, 1.165) is 12.2 Å². The normalized spacial score (nSPS) is 14.6. The summed E-state index contributed by atoms with van der Waals surface area (Å²) in [6.07, 6.45) is 1.12. The lowest BCUT2D eigenvalue weighted by atomic mass is 10.1. The molecule has 2 unspecified atom stereocenters. The third-order valence-electron chi connectivity index (χ3n) is 2.82. The minimum absolute atomic E-state index is 0.304. The van der Waals surface area contributed by atoms with Crippen LogP contribution < -0.4 is 10.1 Å². The van der Waals surface area contributed by atoms with Gasteiger partial charge in [0.25, 0.3) is 0 Å². The van der Waals surface area contributed by atoms with Gasteiger partial charge in [0.1, 0.15) is 5.75 Å². The lowest BCUT2D eigenvalue weighted by Gasteiger charge is -2.19. The summed E-state index contributed by atoms with van der Waals surface area (Å²) in [5.74, 6) is 0.723. The maximum Gasteiger partial charge on any atom is 0.137 e. The van der Waals surface area contributed by atoms with E-state index in [2.05, 4.69) is 26.1 Å². The highest BCUT2D eigenvalue weighted by molar-refractivity contribution is 6.32.